The fourth-order valence-electron chi connectivity index (χ4n) is 1.17. The molecule has 0 heterocycles. The van der Waals surface area contributed by atoms with Gasteiger partial charge in [0.05, 0.1) is 11.5 Å². The lowest BCUT2D eigenvalue weighted by atomic mass is 10.2. The molecule has 1 aromatic rings. The van der Waals surface area contributed by atoms with Crippen molar-refractivity contribution >= 4 is 10.1 Å². The van der Waals surface area contributed by atoms with Crippen molar-refractivity contribution in [3.63, 3.8) is 0 Å². The first-order valence-electron chi connectivity index (χ1n) is 5.23. The quantitative estimate of drug-likeness (QED) is 0.604. The van der Waals surface area contributed by atoms with Gasteiger partial charge in [-0.3, -0.25) is 4.18 Å². The van der Waals surface area contributed by atoms with E-state index in [1.807, 2.05) is 13.8 Å². The van der Waals surface area contributed by atoms with Crippen LogP contribution in [0.2, 0.25) is 0 Å². The Kier molecular flexibility index (Phi) is 4.92. The molecule has 0 radical (unpaired) electrons. The first-order valence-corrected chi connectivity index (χ1v) is 6.64. The molecule has 0 aliphatic heterocycles. The Bertz CT molecular complexity index is 411. The fraction of sp³-hybridized carbons (Fsp3) is 0.455. The Morgan fingerprint density at radius 3 is 2.44 bits per heavy atom. The van der Waals surface area contributed by atoms with Crippen LogP contribution in [0.5, 0.6) is 0 Å². The van der Waals surface area contributed by atoms with E-state index >= 15 is 0 Å². The number of rotatable bonds is 6. The van der Waals surface area contributed by atoms with Gasteiger partial charge in [0.1, 0.15) is 0 Å². The predicted molar refractivity (Wildman–Crippen MR) is 62.9 cm³/mol. The summed E-state index contributed by atoms with van der Waals surface area (Å²) in [7, 11) is -3.60. The van der Waals surface area contributed by atoms with E-state index in [2.05, 4.69) is 5.32 Å². The van der Waals surface area contributed by atoms with Crippen LogP contribution in [0.15, 0.2) is 29.2 Å². The van der Waals surface area contributed by atoms with E-state index in [1.165, 1.54) is 0 Å². The summed E-state index contributed by atoms with van der Waals surface area (Å²) >= 11 is 0. The molecule has 90 valence electrons. The normalized spacial score (nSPS) is 11.6. The van der Waals surface area contributed by atoms with Crippen molar-refractivity contribution in [2.24, 2.45) is 0 Å². The van der Waals surface area contributed by atoms with Gasteiger partial charge in [-0.15, -0.1) is 0 Å². The second-order valence-electron chi connectivity index (χ2n) is 3.44. The average molecular weight is 243 g/mol. The van der Waals surface area contributed by atoms with Crippen molar-refractivity contribution < 1.29 is 12.6 Å². The van der Waals surface area contributed by atoms with E-state index in [9.17, 15) is 8.42 Å². The van der Waals surface area contributed by atoms with Gasteiger partial charge < -0.3 is 5.32 Å². The first kappa shape index (κ1) is 13.2. The zero-order chi connectivity index (χ0) is 12.0. The number of likely N-dealkylation sites (N-methyl/N-ethyl adjacent to an activating group) is 1. The van der Waals surface area contributed by atoms with Crippen LogP contribution < -0.4 is 5.32 Å². The Hall–Kier alpha value is -0.910. The molecule has 1 aromatic carbocycles. The molecule has 0 aliphatic rings. The molecule has 0 aliphatic carbocycles. The van der Waals surface area contributed by atoms with Gasteiger partial charge in [-0.2, -0.15) is 8.42 Å². The lowest BCUT2D eigenvalue weighted by Gasteiger charge is -2.06. The minimum Gasteiger partial charge on any atom is -0.315 e. The molecule has 5 heteroatoms. The summed E-state index contributed by atoms with van der Waals surface area (Å²) < 4.78 is 28.2. The topological polar surface area (TPSA) is 55.4 Å². The summed E-state index contributed by atoms with van der Waals surface area (Å²) in [5.74, 6) is 0. The molecule has 1 N–H and O–H groups in total. The Labute approximate surface area is 96.8 Å². The van der Waals surface area contributed by atoms with Gasteiger partial charge in [0.2, 0.25) is 0 Å². The van der Waals surface area contributed by atoms with Crippen molar-refractivity contribution in [3.8, 4) is 0 Å². The number of hydrogen-bond donors (Lipinski definition) is 1. The second-order valence-corrected chi connectivity index (χ2v) is 5.06. The number of hydrogen-bond acceptors (Lipinski definition) is 4. The molecule has 0 bridgehead atoms. The largest absolute Gasteiger partial charge is 0.315 e. The molecule has 0 unspecified atom stereocenters. The van der Waals surface area contributed by atoms with E-state index in [1.54, 1.807) is 24.3 Å². The van der Waals surface area contributed by atoms with Crippen LogP contribution in [0.25, 0.3) is 0 Å². The van der Waals surface area contributed by atoms with Crippen LogP contribution in [-0.2, 0) is 14.3 Å². The molecule has 0 saturated heterocycles. The molecule has 0 aromatic heterocycles. The lowest BCUT2D eigenvalue weighted by Crippen LogP contribution is -2.21. The molecule has 1 rings (SSSR count). The number of benzene rings is 1. The molecule has 4 nitrogen and oxygen atoms in total. The third kappa shape index (κ3) is 3.92. The first-order chi connectivity index (χ1) is 7.56. The van der Waals surface area contributed by atoms with Crippen molar-refractivity contribution in [2.75, 3.05) is 19.7 Å². The lowest BCUT2D eigenvalue weighted by molar-refractivity contribution is 0.316. The van der Waals surface area contributed by atoms with Crippen molar-refractivity contribution in [1.29, 1.82) is 0 Å². The number of nitrogens with one attached hydrogen (secondary N) is 1. The second kappa shape index (κ2) is 5.98. The molecular formula is C11H17NO3S. The summed E-state index contributed by atoms with van der Waals surface area (Å²) in [6.07, 6.45) is 0. The van der Waals surface area contributed by atoms with Crippen LogP contribution >= 0.6 is 0 Å². The van der Waals surface area contributed by atoms with E-state index in [-0.39, 0.29) is 11.5 Å². The average Bonchev–Trinajstić information content (AvgIpc) is 2.25. The van der Waals surface area contributed by atoms with Crippen molar-refractivity contribution in [2.45, 2.75) is 18.7 Å². The van der Waals surface area contributed by atoms with E-state index in [4.69, 9.17) is 4.18 Å². The minimum atomic E-state index is -3.60. The smallest absolute Gasteiger partial charge is 0.297 e. The summed E-state index contributed by atoms with van der Waals surface area (Å²) in [5.41, 5.74) is 1.02. The van der Waals surface area contributed by atoms with Crippen LogP contribution in [-0.4, -0.2) is 28.1 Å². The van der Waals surface area contributed by atoms with Gasteiger partial charge in [-0.1, -0.05) is 24.6 Å². The zero-order valence-electron chi connectivity index (χ0n) is 9.56. The molecule has 0 fully saturated rings. The molecule has 0 atom stereocenters. The molecule has 0 saturated carbocycles. The summed E-state index contributed by atoms with van der Waals surface area (Å²) in [6, 6.07) is 6.61. The third-order valence-electron chi connectivity index (χ3n) is 2.08. The highest BCUT2D eigenvalue weighted by Crippen LogP contribution is 2.12. The highest BCUT2D eigenvalue weighted by molar-refractivity contribution is 7.86. The van der Waals surface area contributed by atoms with Gasteiger partial charge in [-0.05, 0) is 25.6 Å². The van der Waals surface area contributed by atoms with Crippen LogP contribution in [0.1, 0.15) is 12.5 Å². The Balaban J connectivity index is 2.60. The van der Waals surface area contributed by atoms with Gasteiger partial charge in [0.15, 0.2) is 0 Å². The minimum absolute atomic E-state index is 0.157. The van der Waals surface area contributed by atoms with E-state index < -0.39 is 10.1 Å². The molecule has 0 spiro atoms. The van der Waals surface area contributed by atoms with Crippen LogP contribution in [0, 0.1) is 6.92 Å². The van der Waals surface area contributed by atoms with Gasteiger partial charge in [0.25, 0.3) is 10.1 Å². The van der Waals surface area contributed by atoms with E-state index in [0.29, 0.717) is 6.54 Å². The maximum Gasteiger partial charge on any atom is 0.297 e. The zero-order valence-corrected chi connectivity index (χ0v) is 10.4. The highest BCUT2D eigenvalue weighted by atomic mass is 32.2. The molecule has 0 amide bonds. The maximum atomic E-state index is 11.7. The summed E-state index contributed by atoms with van der Waals surface area (Å²) in [6.45, 7) is 5.34. The van der Waals surface area contributed by atoms with Gasteiger partial charge in [-0.25, -0.2) is 0 Å². The van der Waals surface area contributed by atoms with Crippen LogP contribution in [0.4, 0.5) is 0 Å². The maximum absolute atomic E-state index is 11.7. The van der Waals surface area contributed by atoms with Crippen LogP contribution in [0.3, 0.4) is 0 Å². The fourth-order valence-corrected chi connectivity index (χ4v) is 2.08. The highest BCUT2D eigenvalue weighted by Gasteiger charge is 2.13. The van der Waals surface area contributed by atoms with E-state index in [0.717, 1.165) is 12.1 Å². The summed E-state index contributed by atoms with van der Waals surface area (Å²) in [4.78, 5) is 0.203. The summed E-state index contributed by atoms with van der Waals surface area (Å²) in [5, 5.41) is 2.99. The predicted octanol–water partition coefficient (Wildman–Crippen LogP) is 1.31. The van der Waals surface area contributed by atoms with Crippen molar-refractivity contribution in [3.05, 3.63) is 29.8 Å². The third-order valence-corrected chi connectivity index (χ3v) is 3.40. The standard InChI is InChI=1S/C11H17NO3S/c1-3-12-8-9-15-16(13,14)11-6-4-10(2)5-7-11/h4-7,12H,3,8-9H2,1-2H3. The van der Waals surface area contributed by atoms with Gasteiger partial charge in [0, 0.05) is 6.54 Å². The Morgan fingerprint density at radius 1 is 1.25 bits per heavy atom. The van der Waals surface area contributed by atoms with Crippen molar-refractivity contribution in [1.82, 2.24) is 5.32 Å². The number of aryl methyl sites for hydroxylation is 1. The molecular weight excluding hydrogens is 226 g/mol. The monoisotopic (exact) mass is 243 g/mol. The molecule has 16 heavy (non-hydrogen) atoms. The van der Waals surface area contributed by atoms with Gasteiger partial charge >= 0.3 is 0 Å². The Morgan fingerprint density at radius 2 is 1.88 bits per heavy atom. The SMILES string of the molecule is CCNCCOS(=O)(=O)c1ccc(C)cc1.